The van der Waals surface area contributed by atoms with Crippen LogP contribution in [0.1, 0.15) is 24.6 Å². The Balaban J connectivity index is 1.74. The molecule has 3 aromatic rings. The number of hydrogen-bond donors (Lipinski definition) is 0. The Labute approximate surface area is 182 Å². The van der Waals surface area contributed by atoms with E-state index in [2.05, 4.69) is 11.8 Å². The van der Waals surface area contributed by atoms with E-state index in [-0.39, 0.29) is 11.4 Å². The smallest absolute Gasteiger partial charge is 0.243 e. The first-order valence-electron chi connectivity index (χ1n) is 10.3. The quantitative estimate of drug-likeness (QED) is 0.582. The molecule has 0 spiro atoms. The van der Waals surface area contributed by atoms with Crippen molar-refractivity contribution < 1.29 is 12.8 Å². The monoisotopic (exact) mass is 440 g/mol. The van der Waals surface area contributed by atoms with Gasteiger partial charge in [-0.2, -0.15) is 4.31 Å². The third-order valence-electron chi connectivity index (χ3n) is 5.41. The zero-order valence-corrected chi connectivity index (χ0v) is 18.4. The van der Waals surface area contributed by atoms with Gasteiger partial charge < -0.3 is 4.90 Å². The minimum atomic E-state index is -3.75. The first kappa shape index (κ1) is 21.4. The van der Waals surface area contributed by atoms with Crippen molar-refractivity contribution in [1.82, 2.24) is 14.3 Å². The van der Waals surface area contributed by atoms with Crippen LogP contribution in [-0.2, 0) is 23.0 Å². The zero-order chi connectivity index (χ0) is 22.0. The van der Waals surface area contributed by atoms with E-state index < -0.39 is 15.8 Å². The maximum absolute atomic E-state index is 13.3. The topological polar surface area (TPSA) is 66.4 Å². The summed E-state index contributed by atoms with van der Waals surface area (Å²) >= 11 is 0. The summed E-state index contributed by atoms with van der Waals surface area (Å²) < 4.78 is 41.0. The van der Waals surface area contributed by atoms with Gasteiger partial charge in [-0.1, -0.05) is 37.3 Å². The Morgan fingerprint density at radius 1 is 1.06 bits per heavy atom. The van der Waals surface area contributed by atoms with E-state index in [9.17, 15) is 12.8 Å². The molecule has 8 heteroatoms. The number of anilines is 1. The molecule has 0 aliphatic carbocycles. The molecule has 2 heterocycles. The Morgan fingerprint density at radius 2 is 1.77 bits per heavy atom. The number of hydrogen-bond acceptors (Lipinski definition) is 5. The normalized spacial score (nSPS) is 14.3. The molecule has 162 valence electrons. The van der Waals surface area contributed by atoms with Crippen LogP contribution in [0.25, 0.3) is 11.4 Å². The molecule has 0 bridgehead atoms. The van der Waals surface area contributed by atoms with Crippen molar-refractivity contribution in [2.45, 2.75) is 31.2 Å². The molecule has 2 aromatic carbocycles. The Kier molecular flexibility index (Phi) is 6.02. The molecule has 0 fully saturated rings. The van der Waals surface area contributed by atoms with Crippen molar-refractivity contribution >= 4 is 15.8 Å². The highest BCUT2D eigenvalue weighted by Gasteiger charge is 2.32. The second-order valence-electron chi connectivity index (χ2n) is 7.63. The Hall–Kier alpha value is -2.84. The van der Waals surface area contributed by atoms with Gasteiger partial charge in [0.1, 0.15) is 11.6 Å². The van der Waals surface area contributed by atoms with Crippen LogP contribution in [-0.4, -0.2) is 42.8 Å². The molecular weight excluding hydrogens is 415 g/mol. The third kappa shape index (κ3) is 4.31. The zero-order valence-electron chi connectivity index (χ0n) is 17.6. The summed E-state index contributed by atoms with van der Waals surface area (Å²) in [7, 11) is -1.78. The number of aromatic nitrogens is 2. The summed E-state index contributed by atoms with van der Waals surface area (Å²) in [5, 5.41) is 0. The molecule has 0 saturated heterocycles. The van der Waals surface area contributed by atoms with Gasteiger partial charge in [0, 0.05) is 44.2 Å². The molecule has 0 radical (unpaired) electrons. The summed E-state index contributed by atoms with van der Waals surface area (Å²) in [5.74, 6) is 0.935. The molecule has 1 aliphatic rings. The van der Waals surface area contributed by atoms with Crippen molar-refractivity contribution in [2.24, 2.45) is 0 Å². The van der Waals surface area contributed by atoms with Crippen molar-refractivity contribution in [3.63, 3.8) is 0 Å². The maximum atomic E-state index is 13.3. The van der Waals surface area contributed by atoms with Crippen LogP contribution < -0.4 is 4.90 Å². The lowest BCUT2D eigenvalue weighted by atomic mass is 10.1. The average molecular weight is 441 g/mol. The largest absolute Gasteiger partial charge is 0.359 e. The van der Waals surface area contributed by atoms with E-state index in [1.54, 1.807) is 0 Å². The molecule has 1 aliphatic heterocycles. The number of benzene rings is 2. The summed E-state index contributed by atoms with van der Waals surface area (Å²) in [4.78, 5) is 11.7. The number of fused-ring (bicyclic) bond motifs is 1. The second kappa shape index (κ2) is 8.72. The van der Waals surface area contributed by atoms with E-state index >= 15 is 0 Å². The van der Waals surface area contributed by atoms with E-state index in [4.69, 9.17) is 9.97 Å². The standard InChI is InChI=1S/C23H25FN4O2S/c1-3-14-27(2)23-20-16-28(31(29,30)19-11-9-18(24)10-12-19)15-13-21(20)25-22(26-23)17-7-5-4-6-8-17/h4-12H,3,13-16H2,1-2H3. The first-order chi connectivity index (χ1) is 14.9. The predicted octanol–water partition coefficient (Wildman–Crippen LogP) is 3.88. The Bertz CT molecular complexity index is 1170. The van der Waals surface area contributed by atoms with Crippen molar-refractivity contribution in [3.05, 3.63) is 71.7 Å². The molecule has 1 aromatic heterocycles. The highest BCUT2D eigenvalue weighted by Crippen LogP contribution is 2.31. The molecule has 0 amide bonds. The van der Waals surface area contributed by atoms with Crippen LogP contribution in [0.2, 0.25) is 0 Å². The fraction of sp³-hybridized carbons (Fsp3) is 0.304. The van der Waals surface area contributed by atoms with Gasteiger partial charge in [0.05, 0.1) is 10.6 Å². The molecule has 0 saturated carbocycles. The van der Waals surface area contributed by atoms with E-state index in [1.807, 2.05) is 37.4 Å². The number of nitrogens with zero attached hydrogens (tertiary/aromatic N) is 4. The molecule has 31 heavy (non-hydrogen) atoms. The number of rotatable bonds is 6. The van der Waals surface area contributed by atoms with Crippen molar-refractivity contribution in [2.75, 3.05) is 25.0 Å². The SMILES string of the molecule is CCCN(C)c1nc(-c2ccccc2)nc2c1CN(S(=O)(=O)c1ccc(F)cc1)CC2. The van der Waals surface area contributed by atoms with Crippen LogP contribution in [0.4, 0.5) is 10.2 Å². The maximum Gasteiger partial charge on any atom is 0.243 e. The van der Waals surface area contributed by atoms with Gasteiger partial charge in [0.2, 0.25) is 10.0 Å². The van der Waals surface area contributed by atoms with Gasteiger partial charge in [-0.3, -0.25) is 0 Å². The minimum absolute atomic E-state index is 0.0858. The molecule has 0 atom stereocenters. The second-order valence-corrected chi connectivity index (χ2v) is 9.56. The predicted molar refractivity (Wildman–Crippen MR) is 119 cm³/mol. The summed E-state index contributed by atoms with van der Waals surface area (Å²) in [6, 6.07) is 14.7. The summed E-state index contributed by atoms with van der Waals surface area (Å²) in [6.45, 7) is 3.39. The molecule has 0 N–H and O–H groups in total. The van der Waals surface area contributed by atoms with Crippen LogP contribution >= 0.6 is 0 Å². The van der Waals surface area contributed by atoms with E-state index in [0.717, 1.165) is 35.6 Å². The number of sulfonamides is 1. The van der Waals surface area contributed by atoms with Crippen LogP contribution in [0.3, 0.4) is 0 Å². The minimum Gasteiger partial charge on any atom is -0.359 e. The highest BCUT2D eigenvalue weighted by atomic mass is 32.2. The van der Waals surface area contributed by atoms with Crippen LogP contribution in [0.15, 0.2) is 59.5 Å². The summed E-state index contributed by atoms with van der Waals surface area (Å²) in [5.41, 5.74) is 2.63. The van der Waals surface area contributed by atoms with Gasteiger partial charge in [-0.05, 0) is 30.7 Å². The highest BCUT2D eigenvalue weighted by molar-refractivity contribution is 7.89. The lowest BCUT2D eigenvalue weighted by Crippen LogP contribution is -2.38. The van der Waals surface area contributed by atoms with Crippen LogP contribution in [0, 0.1) is 5.82 Å². The van der Waals surface area contributed by atoms with E-state index in [1.165, 1.54) is 28.6 Å². The van der Waals surface area contributed by atoms with Gasteiger partial charge in [-0.25, -0.2) is 22.8 Å². The molecule has 6 nitrogen and oxygen atoms in total. The lowest BCUT2D eigenvalue weighted by molar-refractivity contribution is 0.387. The third-order valence-corrected chi connectivity index (χ3v) is 7.27. The molecular formula is C23H25FN4O2S. The van der Waals surface area contributed by atoms with E-state index in [0.29, 0.717) is 18.8 Å². The summed E-state index contributed by atoms with van der Waals surface area (Å²) in [6.07, 6.45) is 1.43. The van der Waals surface area contributed by atoms with Gasteiger partial charge >= 0.3 is 0 Å². The molecule has 4 rings (SSSR count). The molecule has 0 unspecified atom stereocenters. The lowest BCUT2D eigenvalue weighted by Gasteiger charge is -2.31. The number of halogens is 1. The van der Waals surface area contributed by atoms with Gasteiger partial charge in [-0.15, -0.1) is 0 Å². The fourth-order valence-electron chi connectivity index (χ4n) is 3.81. The van der Waals surface area contributed by atoms with Crippen molar-refractivity contribution in [3.8, 4) is 11.4 Å². The van der Waals surface area contributed by atoms with Crippen molar-refractivity contribution in [1.29, 1.82) is 0 Å². The first-order valence-corrected chi connectivity index (χ1v) is 11.8. The Morgan fingerprint density at radius 3 is 2.45 bits per heavy atom. The van der Waals surface area contributed by atoms with Gasteiger partial charge in [0.15, 0.2) is 5.82 Å². The average Bonchev–Trinajstić information content (AvgIpc) is 2.79. The fourth-order valence-corrected chi connectivity index (χ4v) is 5.21. The van der Waals surface area contributed by atoms with Gasteiger partial charge in [0.25, 0.3) is 0 Å². The van der Waals surface area contributed by atoms with Crippen LogP contribution in [0.5, 0.6) is 0 Å².